The van der Waals surface area contributed by atoms with Crippen molar-refractivity contribution in [2.24, 2.45) is 5.92 Å². The third-order valence-electron chi connectivity index (χ3n) is 3.78. The number of rotatable bonds is 2. The highest BCUT2D eigenvalue weighted by Crippen LogP contribution is 2.46. The molecule has 2 aliphatic rings. The van der Waals surface area contributed by atoms with E-state index in [1.807, 2.05) is 0 Å². The molecule has 1 aliphatic carbocycles. The normalized spacial score (nSPS) is 33.2. The molecule has 3 rings (SSSR count). The standard InChI is InChI=1S/C11H17N3O/c1-7-3-6-12-8(7)9-13-10(14-15-9)11(2)4-5-11/h7-8,12H,3-6H2,1-2H3. The minimum Gasteiger partial charge on any atom is -0.338 e. The fraction of sp³-hybridized carbons (Fsp3) is 0.818. The van der Waals surface area contributed by atoms with Crippen molar-refractivity contribution in [2.45, 2.75) is 44.6 Å². The van der Waals surface area contributed by atoms with Gasteiger partial charge in [0, 0.05) is 5.41 Å². The van der Waals surface area contributed by atoms with Gasteiger partial charge in [-0.05, 0) is 31.7 Å². The Bertz CT molecular complexity index is 370. The highest BCUT2D eigenvalue weighted by molar-refractivity contribution is 5.15. The van der Waals surface area contributed by atoms with E-state index in [1.165, 1.54) is 19.3 Å². The lowest BCUT2D eigenvalue weighted by Gasteiger charge is -2.09. The average molecular weight is 207 g/mol. The average Bonchev–Trinajstić information content (AvgIpc) is 2.70. The van der Waals surface area contributed by atoms with Gasteiger partial charge < -0.3 is 9.84 Å². The van der Waals surface area contributed by atoms with E-state index in [4.69, 9.17) is 4.52 Å². The number of hydrogen-bond acceptors (Lipinski definition) is 4. The predicted molar refractivity (Wildman–Crippen MR) is 55.4 cm³/mol. The molecule has 2 unspecified atom stereocenters. The molecule has 0 amide bonds. The second-order valence-corrected chi connectivity index (χ2v) is 5.21. The van der Waals surface area contributed by atoms with Crippen molar-refractivity contribution in [3.8, 4) is 0 Å². The van der Waals surface area contributed by atoms with Gasteiger partial charge in [0.05, 0.1) is 6.04 Å². The first-order chi connectivity index (χ1) is 7.19. The Labute approximate surface area is 89.4 Å². The van der Waals surface area contributed by atoms with Gasteiger partial charge in [0.1, 0.15) is 0 Å². The molecule has 1 aromatic heterocycles. The Hall–Kier alpha value is -0.900. The Morgan fingerprint density at radius 1 is 1.47 bits per heavy atom. The summed E-state index contributed by atoms with van der Waals surface area (Å²) in [5.41, 5.74) is 0.212. The van der Waals surface area contributed by atoms with Gasteiger partial charge in [-0.2, -0.15) is 4.98 Å². The Morgan fingerprint density at radius 3 is 2.87 bits per heavy atom. The topological polar surface area (TPSA) is 51.0 Å². The molecule has 2 atom stereocenters. The Kier molecular flexibility index (Phi) is 1.89. The number of nitrogens with zero attached hydrogens (tertiary/aromatic N) is 2. The van der Waals surface area contributed by atoms with Crippen LogP contribution < -0.4 is 5.32 Å². The molecular weight excluding hydrogens is 190 g/mol. The highest BCUT2D eigenvalue weighted by Gasteiger charge is 2.44. The van der Waals surface area contributed by atoms with Gasteiger partial charge in [-0.1, -0.05) is 19.0 Å². The van der Waals surface area contributed by atoms with Crippen LogP contribution >= 0.6 is 0 Å². The third-order valence-corrected chi connectivity index (χ3v) is 3.78. The monoisotopic (exact) mass is 207 g/mol. The summed E-state index contributed by atoms with van der Waals surface area (Å²) in [7, 11) is 0. The summed E-state index contributed by atoms with van der Waals surface area (Å²) in [6, 6.07) is 0.272. The smallest absolute Gasteiger partial charge is 0.244 e. The number of hydrogen-bond donors (Lipinski definition) is 1. The molecule has 4 heteroatoms. The molecule has 0 spiro atoms. The zero-order chi connectivity index (χ0) is 10.5. The van der Waals surface area contributed by atoms with Gasteiger partial charge in [0.15, 0.2) is 5.82 Å². The maximum atomic E-state index is 5.36. The van der Waals surface area contributed by atoms with Crippen LogP contribution in [0.3, 0.4) is 0 Å². The largest absolute Gasteiger partial charge is 0.338 e. The Morgan fingerprint density at radius 2 is 2.27 bits per heavy atom. The summed E-state index contributed by atoms with van der Waals surface area (Å²) < 4.78 is 5.36. The lowest BCUT2D eigenvalue weighted by molar-refractivity contribution is 0.315. The molecule has 0 bridgehead atoms. The van der Waals surface area contributed by atoms with Crippen LogP contribution in [0.5, 0.6) is 0 Å². The third kappa shape index (κ3) is 1.47. The first kappa shape index (κ1) is 9.33. The molecule has 4 nitrogen and oxygen atoms in total. The fourth-order valence-corrected chi connectivity index (χ4v) is 2.18. The van der Waals surface area contributed by atoms with E-state index < -0.39 is 0 Å². The lowest BCUT2D eigenvalue weighted by Crippen LogP contribution is -2.17. The van der Waals surface area contributed by atoms with Crippen molar-refractivity contribution in [1.82, 2.24) is 15.5 Å². The minimum absolute atomic E-state index is 0.212. The molecule has 1 aliphatic heterocycles. The number of aromatic nitrogens is 2. The van der Waals surface area contributed by atoms with Gasteiger partial charge in [-0.15, -0.1) is 0 Å². The van der Waals surface area contributed by atoms with Crippen molar-refractivity contribution >= 4 is 0 Å². The first-order valence-corrected chi connectivity index (χ1v) is 5.76. The highest BCUT2D eigenvalue weighted by atomic mass is 16.5. The van der Waals surface area contributed by atoms with Crippen molar-refractivity contribution in [2.75, 3.05) is 6.54 Å². The molecule has 82 valence electrons. The van der Waals surface area contributed by atoms with Gasteiger partial charge in [0.2, 0.25) is 5.89 Å². The van der Waals surface area contributed by atoms with Crippen LogP contribution in [-0.2, 0) is 5.41 Å². The van der Waals surface area contributed by atoms with Crippen LogP contribution in [0.2, 0.25) is 0 Å². The van der Waals surface area contributed by atoms with Gasteiger partial charge in [-0.25, -0.2) is 0 Å². The summed E-state index contributed by atoms with van der Waals surface area (Å²) in [5, 5.41) is 7.51. The summed E-state index contributed by atoms with van der Waals surface area (Å²) in [5.74, 6) is 2.28. The van der Waals surface area contributed by atoms with Crippen molar-refractivity contribution in [3.05, 3.63) is 11.7 Å². The maximum Gasteiger partial charge on any atom is 0.244 e. The second-order valence-electron chi connectivity index (χ2n) is 5.21. The summed E-state index contributed by atoms with van der Waals surface area (Å²) in [6.07, 6.45) is 3.58. The SMILES string of the molecule is CC1CCNC1c1nc(C2(C)CC2)no1. The second kappa shape index (κ2) is 3.04. The molecule has 0 aromatic carbocycles. The molecule has 1 saturated carbocycles. The first-order valence-electron chi connectivity index (χ1n) is 5.76. The van der Waals surface area contributed by atoms with Crippen LogP contribution in [0.1, 0.15) is 50.9 Å². The minimum atomic E-state index is 0.212. The van der Waals surface area contributed by atoms with E-state index in [0.717, 1.165) is 18.3 Å². The van der Waals surface area contributed by atoms with Crippen LogP contribution in [0.4, 0.5) is 0 Å². The van der Waals surface area contributed by atoms with Crippen LogP contribution in [0.15, 0.2) is 4.52 Å². The molecular formula is C11H17N3O. The van der Waals surface area contributed by atoms with Crippen LogP contribution in [-0.4, -0.2) is 16.7 Å². The maximum absolute atomic E-state index is 5.36. The zero-order valence-corrected chi connectivity index (χ0v) is 9.29. The number of nitrogens with one attached hydrogen (secondary N) is 1. The van der Waals surface area contributed by atoms with E-state index in [0.29, 0.717) is 5.92 Å². The lowest BCUT2D eigenvalue weighted by atomic mass is 10.0. The molecule has 15 heavy (non-hydrogen) atoms. The van der Waals surface area contributed by atoms with Crippen molar-refractivity contribution < 1.29 is 4.52 Å². The van der Waals surface area contributed by atoms with E-state index in [1.54, 1.807) is 0 Å². The van der Waals surface area contributed by atoms with Crippen LogP contribution in [0.25, 0.3) is 0 Å². The van der Waals surface area contributed by atoms with Gasteiger partial charge in [0.25, 0.3) is 0 Å². The molecule has 1 saturated heterocycles. The van der Waals surface area contributed by atoms with Gasteiger partial charge in [-0.3, -0.25) is 0 Å². The summed E-state index contributed by atoms with van der Waals surface area (Å²) >= 11 is 0. The van der Waals surface area contributed by atoms with Crippen LogP contribution in [0, 0.1) is 5.92 Å². The molecule has 2 heterocycles. The van der Waals surface area contributed by atoms with Gasteiger partial charge >= 0.3 is 0 Å². The van der Waals surface area contributed by atoms with Crippen molar-refractivity contribution in [3.63, 3.8) is 0 Å². The van der Waals surface area contributed by atoms with E-state index in [-0.39, 0.29) is 11.5 Å². The predicted octanol–water partition coefficient (Wildman–Crippen LogP) is 1.79. The fourth-order valence-electron chi connectivity index (χ4n) is 2.18. The Balaban J connectivity index is 1.84. The molecule has 0 radical (unpaired) electrons. The zero-order valence-electron chi connectivity index (χ0n) is 9.29. The summed E-state index contributed by atoms with van der Waals surface area (Å²) in [6.45, 7) is 5.49. The summed E-state index contributed by atoms with van der Waals surface area (Å²) in [4.78, 5) is 4.54. The molecule has 1 N–H and O–H groups in total. The molecule has 2 fully saturated rings. The van der Waals surface area contributed by atoms with E-state index >= 15 is 0 Å². The molecule has 1 aromatic rings. The van der Waals surface area contributed by atoms with E-state index in [2.05, 4.69) is 29.3 Å². The van der Waals surface area contributed by atoms with E-state index in [9.17, 15) is 0 Å². The quantitative estimate of drug-likeness (QED) is 0.803. The van der Waals surface area contributed by atoms with Crippen molar-refractivity contribution in [1.29, 1.82) is 0 Å².